The van der Waals surface area contributed by atoms with Gasteiger partial charge in [0.2, 0.25) is 5.95 Å². The van der Waals surface area contributed by atoms with Gasteiger partial charge in [0, 0.05) is 36.6 Å². The molecule has 0 aliphatic carbocycles. The lowest BCUT2D eigenvalue weighted by molar-refractivity contribution is 0.874. The quantitative estimate of drug-likeness (QED) is 0.705. The van der Waals surface area contributed by atoms with Crippen LogP contribution in [0.3, 0.4) is 0 Å². The highest BCUT2D eigenvalue weighted by atomic mass is 15.1. The van der Waals surface area contributed by atoms with Crippen LogP contribution in [0.4, 0.5) is 11.8 Å². The van der Waals surface area contributed by atoms with Gasteiger partial charge in [-0.25, -0.2) is 4.98 Å². The summed E-state index contributed by atoms with van der Waals surface area (Å²) in [7, 11) is 0. The highest BCUT2D eigenvalue weighted by Gasteiger charge is 2.08. The number of nitrogens with zero attached hydrogens (tertiary/aromatic N) is 3. The first-order valence-corrected chi connectivity index (χ1v) is 8.46. The van der Waals surface area contributed by atoms with Gasteiger partial charge in [0.05, 0.1) is 5.69 Å². The summed E-state index contributed by atoms with van der Waals surface area (Å²) in [6.45, 7) is 6.97. The molecule has 0 aliphatic rings. The molecule has 0 saturated heterocycles. The van der Waals surface area contributed by atoms with Crippen LogP contribution in [-0.4, -0.2) is 21.0 Å². The maximum Gasteiger partial charge on any atom is 0.225 e. The molecular weight excluding hydrogens is 310 g/mol. The van der Waals surface area contributed by atoms with Gasteiger partial charge in [-0.15, -0.1) is 0 Å². The number of anilines is 2. The molecule has 0 aliphatic heterocycles. The first-order chi connectivity index (χ1) is 12.1. The smallest absolute Gasteiger partial charge is 0.225 e. The number of hydrogen-bond acceptors (Lipinski definition) is 5. The second kappa shape index (κ2) is 7.75. The first kappa shape index (κ1) is 16.9. The number of nitrogens with one attached hydrogen (secondary N) is 2. The van der Waals surface area contributed by atoms with Gasteiger partial charge in [0.1, 0.15) is 5.82 Å². The van der Waals surface area contributed by atoms with E-state index in [2.05, 4.69) is 70.6 Å². The second-order valence-electron chi connectivity index (χ2n) is 6.28. The Labute approximate surface area is 148 Å². The van der Waals surface area contributed by atoms with Crippen LogP contribution in [-0.2, 0) is 6.54 Å². The third-order valence-corrected chi connectivity index (χ3v) is 3.82. The van der Waals surface area contributed by atoms with E-state index in [1.54, 1.807) is 6.20 Å². The van der Waals surface area contributed by atoms with E-state index in [4.69, 9.17) is 0 Å². The van der Waals surface area contributed by atoms with Crippen LogP contribution in [0, 0.1) is 6.92 Å². The number of aromatic nitrogens is 3. The predicted molar refractivity (Wildman–Crippen MR) is 103 cm³/mol. The Morgan fingerprint density at radius 1 is 1.04 bits per heavy atom. The molecule has 0 unspecified atom stereocenters. The molecule has 128 valence electrons. The van der Waals surface area contributed by atoms with Gasteiger partial charge in [0.15, 0.2) is 0 Å². The van der Waals surface area contributed by atoms with Gasteiger partial charge in [-0.05, 0) is 44.0 Å². The van der Waals surface area contributed by atoms with Gasteiger partial charge in [-0.2, -0.15) is 4.98 Å². The van der Waals surface area contributed by atoms with Gasteiger partial charge >= 0.3 is 0 Å². The van der Waals surface area contributed by atoms with E-state index in [9.17, 15) is 0 Å². The van der Waals surface area contributed by atoms with Crippen molar-refractivity contribution in [1.29, 1.82) is 0 Å². The lowest BCUT2D eigenvalue weighted by Crippen LogP contribution is -2.14. The van der Waals surface area contributed by atoms with E-state index in [-0.39, 0.29) is 6.04 Å². The predicted octanol–water partition coefficient (Wildman–Crippen LogP) is 4.28. The SMILES string of the molecule is Cc1ccccc1CNc1cc(-c2cccnc2)nc(NC(C)C)n1. The summed E-state index contributed by atoms with van der Waals surface area (Å²) in [5, 5.41) is 6.70. The number of benzene rings is 1. The lowest BCUT2D eigenvalue weighted by Gasteiger charge is -2.13. The van der Waals surface area contributed by atoms with E-state index < -0.39 is 0 Å². The number of aryl methyl sites for hydroxylation is 1. The summed E-state index contributed by atoms with van der Waals surface area (Å²) < 4.78 is 0. The normalized spacial score (nSPS) is 10.7. The van der Waals surface area contributed by atoms with E-state index in [1.807, 2.05) is 24.4 Å². The van der Waals surface area contributed by atoms with Crippen molar-refractivity contribution in [2.24, 2.45) is 0 Å². The Kier molecular flexibility index (Phi) is 5.23. The number of rotatable bonds is 6. The van der Waals surface area contributed by atoms with E-state index in [1.165, 1.54) is 11.1 Å². The van der Waals surface area contributed by atoms with E-state index in [0.717, 1.165) is 23.6 Å². The molecule has 25 heavy (non-hydrogen) atoms. The monoisotopic (exact) mass is 333 g/mol. The van der Waals surface area contributed by atoms with Gasteiger partial charge in [-0.1, -0.05) is 24.3 Å². The first-order valence-electron chi connectivity index (χ1n) is 8.46. The molecule has 0 radical (unpaired) electrons. The Hall–Kier alpha value is -2.95. The molecule has 0 spiro atoms. The minimum absolute atomic E-state index is 0.258. The minimum atomic E-state index is 0.258. The topological polar surface area (TPSA) is 62.7 Å². The van der Waals surface area contributed by atoms with Gasteiger partial charge in [-0.3, -0.25) is 4.98 Å². The fraction of sp³-hybridized carbons (Fsp3) is 0.250. The summed E-state index contributed by atoms with van der Waals surface area (Å²) in [5.74, 6) is 1.41. The molecule has 5 nitrogen and oxygen atoms in total. The Balaban J connectivity index is 1.88. The van der Waals surface area contributed by atoms with E-state index >= 15 is 0 Å². The van der Waals surface area contributed by atoms with Crippen molar-refractivity contribution in [3.05, 3.63) is 66.0 Å². The van der Waals surface area contributed by atoms with Crippen molar-refractivity contribution in [2.75, 3.05) is 10.6 Å². The average molecular weight is 333 g/mol. The zero-order valence-electron chi connectivity index (χ0n) is 14.8. The average Bonchev–Trinajstić information content (AvgIpc) is 2.61. The Morgan fingerprint density at radius 3 is 2.60 bits per heavy atom. The van der Waals surface area contributed by atoms with E-state index in [0.29, 0.717) is 5.95 Å². The molecule has 0 saturated carbocycles. The summed E-state index contributed by atoms with van der Waals surface area (Å²) >= 11 is 0. The maximum absolute atomic E-state index is 4.61. The molecule has 3 rings (SSSR count). The van der Waals surface area contributed by atoms with Crippen LogP contribution in [0.5, 0.6) is 0 Å². The fourth-order valence-corrected chi connectivity index (χ4v) is 2.52. The molecule has 2 aromatic heterocycles. The van der Waals surface area contributed by atoms with Gasteiger partial charge in [0.25, 0.3) is 0 Å². The zero-order chi connectivity index (χ0) is 17.6. The summed E-state index contributed by atoms with van der Waals surface area (Å²) in [6.07, 6.45) is 3.57. The van der Waals surface area contributed by atoms with Crippen molar-refractivity contribution in [3.63, 3.8) is 0 Å². The number of pyridine rings is 1. The Bertz CT molecular complexity index is 830. The molecule has 3 aromatic rings. The van der Waals surface area contributed by atoms with Crippen LogP contribution in [0.15, 0.2) is 54.9 Å². The number of hydrogen-bond donors (Lipinski definition) is 2. The molecule has 5 heteroatoms. The third kappa shape index (κ3) is 4.53. The van der Waals surface area contributed by atoms with Crippen LogP contribution >= 0.6 is 0 Å². The Morgan fingerprint density at radius 2 is 1.88 bits per heavy atom. The third-order valence-electron chi connectivity index (χ3n) is 3.82. The van der Waals surface area contributed by atoms with Crippen molar-refractivity contribution in [2.45, 2.75) is 33.4 Å². The van der Waals surface area contributed by atoms with Crippen LogP contribution < -0.4 is 10.6 Å². The second-order valence-corrected chi connectivity index (χ2v) is 6.28. The standard InChI is InChI=1S/C20H23N5/c1-14(2)23-20-24-18(17-9-6-10-21-12-17)11-19(25-20)22-13-16-8-5-4-7-15(16)3/h4-12,14H,13H2,1-3H3,(H2,22,23,24,25). The largest absolute Gasteiger partial charge is 0.366 e. The summed E-state index contributed by atoms with van der Waals surface area (Å²) in [6, 6.07) is 14.5. The van der Waals surface area contributed by atoms with Crippen molar-refractivity contribution >= 4 is 11.8 Å². The highest BCUT2D eigenvalue weighted by molar-refractivity contribution is 5.63. The molecule has 2 heterocycles. The molecular formula is C20H23N5. The van der Waals surface area contributed by atoms with Crippen LogP contribution in [0.2, 0.25) is 0 Å². The molecule has 0 bridgehead atoms. The molecule has 0 atom stereocenters. The fourth-order valence-electron chi connectivity index (χ4n) is 2.52. The minimum Gasteiger partial charge on any atom is -0.366 e. The molecule has 1 aromatic carbocycles. The van der Waals surface area contributed by atoms with Crippen LogP contribution in [0.1, 0.15) is 25.0 Å². The molecule has 0 amide bonds. The summed E-state index contributed by atoms with van der Waals surface area (Å²) in [5.41, 5.74) is 4.33. The summed E-state index contributed by atoms with van der Waals surface area (Å²) in [4.78, 5) is 13.4. The van der Waals surface area contributed by atoms with Crippen molar-refractivity contribution < 1.29 is 0 Å². The lowest BCUT2D eigenvalue weighted by atomic mass is 10.1. The van der Waals surface area contributed by atoms with Crippen molar-refractivity contribution in [3.8, 4) is 11.3 Å². The molecule has 2 N–H and O–H groups in total. The van der Waals surface area contributed by atoms with Crippen molar-refractivity contribution in [1.82, 2.24) is 15.0 Å². The zero-order valence-corrected chi connectivity index (χ0v) is 14.8. The highest BCUT2D eigenvalue weighted by Crippen LogP contribution is 2.21. The maximum atomic E-state index is 4.61. The van der Waals surface area contributed by atoms with Gasteiger partial charge < -0.3 is 10.6 Å². The van der Waals surface area contributed by atoms with Crippen LogP contribution in [0.25, 0.3) is 11.3 Å². The molecule has 0 fully saturated rings.